The third kappa shape index (κ3) is 2.20. The van der Waals surface area contributed by atoms with E-state index in [9.17, 15) is 22.8 Å². The third-order valence-corrected chi connectivity index (χ3v) is 4.37. The number of aromatic nitrogens is 2. The summed E-state index contributed by atoms with van der Waals surface area (Å²) in [4.78, 5) is 28.1. The summed E-state index contributed by atoms with van der Waals surface area (Å²) in [6.45, 7) is 1.66. The van der Waals surface area contributed by atoms with Crippen LogP contribution in [0.4, 0.5) is 19.1 Å². The summed E-state index contributed by atoms with van der Waals surface area (Å²) in [6.07, 6.45) is -4.83. The van der Waals surface area contributed by atoms with E-state index in [1.54, 1.807) is 13.0 Å². The molecule has 2 amide bonds. The van der Waals surface area contributed by atoms with Crippen LogP contribution in [0.1, 0.15) is 19.8 Å². The van der Waals surface area contributed by atoms with E-state index < -0.39 is 23.7 Å². The van der Waals surface area contributed by atoms with Crippen molar-refractivity contribution in [3.8, 4) is 0 Å². The van der Waals surface area contributed by atoms with Gasteiger partial charge in [-0.2, -0.15) is 13.2 Å². The van der Waals surface area contributed by atoms with Crippen molar-refractivity contribution < 1.29 is 22.8 Å². The molecule has 2 N–H and O–H groups in total. The van der Waals surface area contributed by atoms with Crippen molar-refractivity contribution in [1.82, 2.24) is 14.9 Å². The maximum absolute atomic E-state index is 13.9. The molecule has 24 heavy (non-hydrogen) atoms. The Morgan fingerprint density at radius 3 is 2.79 bits per heavy atom. The number of para-hydroxylation sites is 1. The second-order valence-corrected chi connectivity index (χ2v) is 6.19. The molecule has 1 aromatic heterocycles. The molecule has 0 aliphatic carbocycles. The van der Waals surface area contributed by atoms with Crippen LogP contribution < -0.4 is 10.6 Å². The van der Waals surface area contributed by atoms with Crippen molar-refractivity contribution in [2.24, 2.45) is 0 Å². The van der Waals surface area contributed by atoms with Gasteiger partial charge in [0.05, 0.1) is 5.52 Å². The van der Waals surface area contributed by atoms with Crippen molar-refractivity contribution in [3.63, 3.8) is 0 Å². The van der Waals surface area contributed by atoms with Gasteiger partial charge in [-0.3, -0.25) is 19.5 Å². The Bertz CT molecular complexity index is 848. The molecule has 0 bridgehead atoms. The van der Waals surface area contributed by atoms with E-state index in [0.717, 1.165) is 0 Å². The molecule has 3 rings (SSSR count). The van der Waals surface area contributed by atoms with Crippen molar-refractivity contribution >= 4 is 44.7 Å². The van der Waals surface area contributed by atoms with E-state index in [1.807, 2.05) is 5.32 Å². The number of hydrogen-bond acceptors (Lipinski definition) is 3. The number of halogens is 4. The molecule has 1 aliphatic heterocycles. The van der Waals surface area contributed by atoms with Crippen LogP contribution in [0, 0.1) is 0 Å². The van der Waals surface area contributed by atoms with Crippen molar-refractivity contribution in [2.75, 3.05) is 5.32 Å². The number of nitrogens with zero attached hydrogens (tertiary/aromatic N) is 2. The number of hydrogen-bond donors (Lipinski definition) is 2. The summed E-state index contributed by atoms with van der Waals surface area (Å²) in [6, 6.07) is 4.56. The zero-order valence-electron chi connectivity index (χ0n) is 12.4. The van der Waals surface area contributed by atoms with Crippen LogP contribution in [0.2, 0.25) is 0 Å². The fourth-order valence-corrected chi connectivity index (χ4v) is 3.16. The fourth-order valence-electron chi connectivity index (χ4n) is 2.71. The van der Waals surface area contributed by atoms with Crippen LogP contribution in [0.15, 0.2) is 22.7 Å². The Balaban J connectivity index is 2.28. The Kier molecular flexibility index (Phi) is 3.82. The first kappa shape index (κ1) is 16.7. The maximum atomic E-state index is 13.9. The zero-order chi connectivity index (χ0) is 17.7. The van der Waals surface area contributed by atoms with Crippen LogP contribution in [0.5, 0.6) is 0 Å². The van der Waals surface area contributed by atoms with Crippen molar-refractivity contribution in [2.45, 2.75) is 31.6 Å². The molecule has 2 heterocycles. The average Bonchev–Trinajstić information content (AvgIpc) is 2.95. The van der Waals surface area contributed by atoms with E-state index in [0.29, 0.717) is 15.5 Å². The lowest BCUT2D eigenvalue weighted by Crippen LogP contribution is -2.63. The highest BCUT2D eigenvalue weighted by atomic mass is 79.9. The summed E-state index contributed by atoms with van der Waals surface area (Å²) in [7, 11) is 0. The number of carbonyl (C=O) groups excluding carboxylic acids is 2. The van der Waals surface area contributed by atoms with Gasteiger partial charge in [0.2, 0.25) is 11.9 Å². The Morgan fingerprint density at radius 1 is 1.46 bits per heavy atom. The monoisotopic (exact) mass is 404 g/mol. The third-order valence-electron chi connectivity index (χ3n) is 3.73. The van der Waals surface area contributed by atoms with Crippen LogP contribution in [-0.2, 0) is 15.3 Å². The summed E-state index contributed by atoms with van der Waals surface area (Å²) >= 11 is 3.22. The van der Waals surface area contributed by atoms with Gasteiger partial charge in [0.15, 0.2) is 0 Å². The Labute approximate surface area is 142 Å². The molecule has 1 unspecified atom stereocenters. The van der Waals surface area contributed by atoms with Crippen LogP contribution >= 0.6 is 15.9 Å². The van der Waals surface area contributed by atoms with Gasteiger partial charge < -0.3 is 5.32 Å². The number of alkyl halides is 3. The zero-order valence-corrected chi connectivity index (χ0v) is 14.0. The molecule has 2 aromatic rings. The molecule has 0 spiro atoms. The minimum Gasteiger partial charge on any atom is -0.317 e. The van der Waals surface area contributed by atoms with E-state index in [2.05, 4.69) is 26.2 Å². The molecule has 6 nitrogen and oxygen atoms in total. The molecular formula is C14H12BrF3N4O2. The Morgan fingerprint density at radius 2 is 2.17 bits per heavy atom. The lowest BCUT2D eigenvalue weighted by molar-refractivity contribution is -0.217. The van der Waals surface area contributed by atoms with Crippen molar-refractivity contribution in [3.05, 3.63) is 22.7 Å². The number of anilines is 1. The molecular weight excluding hydrogens is 393 g/mol. The molecule has 0 saturated carbocycles. The number of amides is 2. The van der Waals surface area contributed by atoms with Gasteiger partial charge in [-0.25, -0.2) is 4.98 Å². The van der Waals surface area contributed by atoms with Gasteiger partial charge in [-0.05, 0) is 34.5 Å². The molecule has 10 heteroatoms. The Hall–Kier alpha value is -2.10. The van der Waals surface area contributed by atoms with Crippen LogP contribution in [0.25, 0.3) is 11.0 Å². The summed E-state index contributed by atoms with van der Waals surface area (Å²) in [5.74, 6) is -2.52. The first-order valence-electron chi connectivity index (χ1n) is 7.09. The number of rotatable bonds is 3. The predicted octanol–water partition coefficient (Wildman–Crippen LogP) is 2.88. The smallest absolute Gasteiger partial charge is 0.317 e. The molecule has 0 fully saturated rings. The SMILES string of the molecule is CCCC(=O)NC1(C(F)(F)F)C(=O)Nc2nc3c(Br)cccc3n21. The number of imidazole rings is 1. The average molecular weight is 405 g/mol. The van der Waals surface area contributed by atoms with Crippen molar-refractivity contribution in [1.29, 1.82) is 0 Å². The quantitative estimate of drug-likeness (QED) is 0.825. The van der Waals surface area contributed by atoms with Gasteiger partial charge in [-0.15, -0.1) is 0 Å². The highest BCUT2D eigenvalue weighted by molar-refractivity contribution is 9.10. The van der Waals surface area contributed by atoms with E-state index in [1.165, 1.54) is 12.1 Å². The second-order valence-electron chi connectivity index (χ2n) is 5.34. The maximum Gasteiger partial charge on any atom is 0.440 e. The van der Waals surface area contributed by atoms with E-state index in [4.69, 9.17) is 0 Å². The molecule has 0 radical (unpaired) electrons. The van der Waals surface area contributed by atoms with Crippen LogP contribution in [0.3, 0.4) is 0 Å². The molecule has 1 atom stereocenters. The molecule has 1 aliphatic rings. The highest BCUT2D eigenvalue weighted by Crippen LogP contribution is 2.44. The van der Waals surface area contributed by atoms with Crippen LogP contribution in [-0.4, -0.2) is 27.5 Å². The van der Waals surface area contributed by atoms with Gasteiger partial charge in [0.1, 0.15) is 5.52 Å². The highest BCUT2D eigenvalue weighted by Gasteiger charge is 2.67. The predicted molar refractivity (Wildman–Crippen MR) is 83.1 cm³/mol. The lowest BCUT2D eigenvalue weighted by atomic mass is 10.1. The summed E-state index contributed by atoms with van der Waals surface area (Å²) in [5, 5.41) is 3.98. The lowest BCUT2D eigenvalue weighted by Gasteiger charge is -2.31. The normalized spacial score (nSPS) is 20.1. The number of carbonyl (C=O) groups is 2. The molecule has 1 aromatic carbocycles. The van der Waals surface area contributed by atoms with E-state index >= 15 is 0 Å². The van der Waals surface area contributed by atoms with Gasteiger partial charge in [0, 0.05) is 10.9 Å². The number of fused-ring (bicyclic) bond motifs is 3. The minimum absolute atomic E-state index is 0.0758. The number of benzene rings is 1. The standard InChI is InChI=1S/C14H12BrF3N4O2/c1-2-4-9(23)21-13(14(16,17)18)11(24)20-12-19-10-7(15)5-3-6-8(10)22(12)13/h3,5-6H,2,4H2,1H3,(H,21,23)(H,19,20,24). The first-order valence-corrected chi connectivity index (χ1v) is 7.88. The topological polar surface area (TPSA) is 76.0 Å². The largest absolute Gasteiger partial charge is 0.440 e. The van der Waals surface area contributed by atoms with Gasteiger partial charge in [-0.1, -0.05) is 13.0 Å². The van der Waals surface area contributed by atoms with E-state index in [-0.39, 0.29) is 23.4 Å². The fraction of sp³-hybridized carbons (Fsp3) is 0.357. The van der Waals surface area contributed by atoms with Gasteiger partial charge >= 0.3 is 6.18 Å². The van der Waals surface area contributed by atoms with Gasteiger partial charge in [0.25, 0.3) is 11.6 Å². The summed E-state index contributed by atoms with van der Waals surface area (Å²) < 4.78 is 42.9. The second kappa shape index (κ2) is 5.47. The summed E-state index contributed by atoms with van der Waals surface area (Å²) in [5.41, 5.74) is -2.89. The minimum atomic E-state index is -5.05. The molecule has 0 saturated heterocycles. The first-order chi connectivity index (χ1) is 11.2. The molecule has 128 valence electrons. The number of nitrogens with one attached hydrogen (secondary N) is 2.